The van der Waals surface area contributed by atoms with Gasteiger partial charge < -0.3 is 10.2 Å². The first-order valence-electron chi connectivity index (χ1n) is 11.3. The molecule has 2 aromatic carbocycles. The van der Waals surface area contributed by atoms with E-state index in [-0.39, 0.29) is 31.3 Å². The number of hydrogen-bond acceptors (Lipinski definition) is 4. The van der Waals surface area contributed by atoms with Crippen LogP contribution in [0.4, 0.5) is 5.69 Å². The Labute approximate surface area is 208 Å². The second-order valence-electron chi connectivity index (χ2n) is 8.41. The van der Waals surface area contributed by atoms with Crippen LogP contribution in [0.1, 0.15) is 43.4 Å². The van der Waals surface area contributed by atoms with Crippen molar-refractivity contribution in [3.8, 4) is 0 Å². The second-order valence-corrected chi connectivity index (χ2v) is 10.7. The third-order valence-electron chi connectivity index (χ3n) is 5.60. The SMILES string of the molecule is CCNC(=O)[C@H](C)N(Cc1ccccc1Cl)C(=O)CCCN(c1cc(C)ccc1C)S(C)(=O)=O. The summed E-state index contributed by atoms with van der Waals surface area (Å²) in [6.45, 7) is 8.06. The molecule has 1 atom stereocenters. The van der Waals surface area contributed by atoms with Crippen molar-refractivity contribution in [3.05, 3.63) is 64.2 Å². The van der Waals surface area contributed by atoms with E-state index < -0.39 is 16.1 Å². The first kappa shape index (κ1) is 27.7. The summed E-state index contributed by atoms with van der Waals surface area (Å²) in [5.74, 6) is -0.496. The van der Waals surface area contributed by atoms with Crippen molar-refractivity contribution in [2.24, 2.45) is 0 Å². The van der Waals surface area contributed by atoms with Gasteiger partial charge in [-0.3, -0.25) is 13.9 Å². The van der Waals surface area contributed by atoms with E-state index in [1.54, 1.807) is 19.1 Å². The van der Waals surface area contributed by atoms with Gasteiger partial charge in [-0.25, -0.2) is 8.42 Å². The molecule has 0 radical (unpaired) electrons. The Bertz CT molecular complexity index is 1120. The molecular weight excluding hydrogens is 474 g/mol. The van der Waals surface area contributed by atoms with Gasteiger partial charge >= 0.3 is 0 Å². The molecule has 2 rings (SSSR count). The third kappa shape index (κ3) is 7.46. The maximum absolute atomic E-state index is 13.2. The van der Waals surface area contributed by atoms with Crippen LogP contribution in [0.3, 0.4) is 0 Å². The molecule has 2 aromatic rings. The number of rotatable bonds is 11. The average molecular weight is 508 g/mol. The average Bonchev–Trinajstić information content (AvgIpc) is 2.76. The Kier molecular flexibility index (Phi) is 9.94. The number of benzene rings is 2. The zero-order chi connectivity index (χ0) is 25.5. The minimum absolute atomic E-state index is 0.0884. The molecule has 0 aliphatic rings. The Morgan fingerprint density at radius 1 is 1.12 bits per heavy atom. The highest BCUT2D eigenvalue weighted by Crippen LogP contribution is 2.25. The van der Waals surface area contributed by atoms with E-state index in [9.17, 15) is 18.0 Å². The van der Waals surface area contributed by atoms with Crippen LogP contribution in [0, 0.1) is 13.8 Å². The zero-order valence-corrected chi connectivity index (χ0v) is 22.0. The number of sulfonamides is 1. The highest BCUT2D eigenvalue weighted by atomic mass is 35.5. The third-order valence-corrected chi connectivity index (χ3v) is 7.15. The Hall–Kier alpha value is -2.58. The van der Waals surface area contributed by atoms with Gasteiger partial charge in [0, 0.05) is 31.1 Å². The maximum Gasteiger partial charge on any atom is 0.242 e. The molecule has 2 amide bonds. The standard InChI is InChI=1S/C25H34ClN3O4S/c1-6-27-25(31)20(4)28(17-21-10-7-8-11-22(21)26)24(30)12-9-15-29(34(5,32)33)23-16-18(2)13-14-19(23)3/h7-8,10-11,13-14,16,20H,6,9,12,15,17H2,1-5H3,(H,27,31)/t20-/m0/s1. The van der Waals surface area contributed by atoms with Gasteiger partial charge in [0.15, 0.2) is 0 Å². The van der Waals surface area contributed by atoms with Crippen LogP contribution in [0.2, 0.25) is 5.02 Å². The number of aryl methyl sites for hydroxylation is 2. The number of nitrogens with one attached hydrogen (secondary N) is 1. The lowest BCUT2D eigenvalue weighted by molar-refractivity contribution is -0.140. The summed E-state index contributed by atoms with van der Waals surface area (Å²) >= 11 is 6.30. The highest BCUT2D eigenvalue weighted by molar-refractivity contribution is 7.92. The smallest absolute Gasteiger partial charge is 0.242 e. The summed E-state index contributed by atoms with van der Waals surface area (Å²) in [7, 11) is -3.54. The molecular formula is C25H34ClN3O4S. The van der Waals surface area contributed by atoms with Crippen LogP contribution in [0.25, 0.3) is 0 Å². The van der Waals surface area contributed by atoms with E-state index in [2.05, 4.69) is 5.32 Å². The number of halogens is 1. The molecule has 7 nitrogen and oxygen atoms in total. The number of carbonyl (C=O) groups is 2. The molecule has 0 aliphatic heterocycles. The first-order valence-corrected chi connectivity index (χ1v) is 13.5. The molecule has 0 aromatic heterocycles. The monoisotopic (exact) mass is 507 g/mol. The van der Waals surface area contributed by atoms with Crippen molar-refractivity contribution in [1.29, 1.82) is 0 Å². The normalized spacial score (nSPS) is 12.2. The molecule has 0 fully saturated rings. The topological polar surface area (TPSA) is 86.8 Å². The maximum atomic E-state index is 13.2. The number of amides is 2. The van der Waals surface area contributed by atoms with Crippen LogP contribution < -0.4 is 9.62 Å². The molecule has 0 heterocycles. The fourth-order valence-electron chi connectivity index (χ4n) is 3.69. The van der Waals surface area contributed by atoms with Gasteiger partial charge in [-0.2, -0.15) is 0 Å². The number of nitrogens with zero attached hydrogens (tertiary/aromatic N) is 2. The predicted octanol–water partition coefficient (Wildman–Crippen LogP) is 4.06. The lowest BCUT2D eigenvalue weighted by Crippen LogP contribution is -2.47. The Morgan fingerprint density at radius 2 is 1.79 bits per heavy atom. The van der Waals surface area contributed by atoms with Gasteiger partial charge in [-0.15, -0.1) is 0 Å². The number of hydrogen-bond donors (Lipinski definition) is 1. The van der Waals surface area contributed by atoms with Crippen LogP contribution in [-0.4, -0.2) is 50.5 Å². The van der Waals surface area contributed by atoms with Gasteiger partial charge in [0.1, 0.15) is 6.04 Å². The molecule has 0 saturated heterocycles. The van der Waals surface area contributed by atoms with Crippen molar-refractivity contribution in [2.75, 3.05) is 23.7 Å². The molecule has 186 valence electrons. The minimum Gasteiger partial charge on any atom is -0.355 e. The van der Waals surface area contributed by atoms with Crippen molar-refractivity contribution in [1.82, 2.24) is 10.2 Å². The number of anilines is 1. The molecule has 1 N–H and O–H groups in total. The fourth-order valence-corrected chi connectivity index (χ4v) is 4.90. The van der Waals surface area contributed by atoms with Crippen molar-refractivity contribution >= 4 is 39.1 Å². The van der Waals surface area contributed by atoms with E-state index in [1.807, 2.05) is 51.1 Å². The lowest BCUT2D eigenvalue weighted by atomic mass is 10.1. The van der Waals surface area contributed by atoms with Crippen LogP contribution in [-0.2, 0) is 26.2 Å². The molecule has 0 aliphatic carbocycles. The van der Waals surface area contributed by atoms with Crippen LogP contribution >= 0.6 is 11.6 Å². The molecule has 34 heavy (non-hydrogen) atoms. The quantitative estimate of drug-likeness (QED) is 0.497. The summed E-state index contributed by atoms with van der Waals surface area (Å²) in [5, 5.41) is 3.27. The van der Waals surface area contributed by atoms with E-state index in [4.69, 9.17) is 11.6 Å². The van der Waals surface area contributed by atoms with Gasteiger partial charge in [-0.05, 0) is 62.9 Å². The van der Waals surface area contributed by atoms with Crippen molar-refractivity contribution in [2.45, 2.75) is 53.1 Å². The summed E-state index contributed by atoms with van der Waals surface area (Å²) in [6, 6.07) is 12.1. The van der Waals surface area contributed by atoms with Crippen molar-refractivity contribution in [3.63, 3.8) is 0 Å². The summed E-state index contributed by atoms with van der Waals surface area (Å²) in [4.78, 5) is 27.2. The van der Waals surface area contributed by atoms with Crippen LogP contribution in [0.5, 0.6) is 0 Å². The van der Waals surface area contributed by atoms with Gasteiger partial charge in [0.2, 0.25) is 21.8 Å². The van der Waals surface area contributed by atoms with E-state index in [0.29, 0.717) is 23.7 Å². The largest absolute Gasteiger partial charge is 0.355 e. The predicted molar refractivity (Wildman–Crippen MR) is 137 cm³/mol. The first-order chi connectivity index (χ1) is 16.0. The molecule has 0 bridgehead atoms. The summed E-state index contributed by atoms with van der Waals surface area (Å²) in [6.07, 6.45) is 1.56. The number of carbonyl (C=O) groups excluding carboxylic acids is 2. The molecule has 0 unspecified atom stereocenters. The van der Waals surface area contributed by atoms with E-state index >= 15 is 0 Å². The summed E-state index contributed by atoms with van der Waals surface area (Å²) < 4.78 is 26.4. The summed E-state index contributed by atoms with van der Waals surface area (Å²) in [5.41, 5.74) is 3.14. The fraction of sp³-hybridized carbons (Fsp3) is 0.440. The zero-order valence-electron chi connectivity index (χ0n) is 20.5. The molecule has 0 saturated carbocycles. The lowest BCUT2D eigenvalue weighted by Gasteiger charge is -2.30. The molecule has 0 spiro atoms. The Morgan fingerprint density at radius 3 is 2.41 bits per heavy atom. The van der Waals surface area contributed by atoms with Gasteiger partial charge in [0.25, 0.3) is 0 Å². The van der Waals surface area contributed by atoms with E-state index in [1.165, 1.54) is 9.21 Å². The second kappa shape index (κ2) is 12.2. The van der Waals surface area contributed by atoms with Crippen LogP contribution in [0.15, 0.2) is 42.5 Å². The van der Waals surface area contributed by atoms with Gasteiger partial charge in [-0.1, -0.05) is 41.9 Å². The number of likely N-dealkylation sites (N-methyl/N-ethyl adjacent to an activating group) is 1. The highest BCUT2D eigenvalue weighted by Gasteiger charge is 2.27. The van der Waals surface area contributed by atoms with Crippen molar-refractivity contribution < 1.29 is 18.0 Å². The minimum atomic E-state index is -3.54. The van der Waals surface area contributed by atoms with Gasteiger partial charge in [0.05, 0.1) is 11.9 Å². The Balaban J connectivity index is 2.20. The van der Waals surface area contributed by atoms with E-state index in [0.717, 1.165) is 22.9 Å². The molecule has 9 heteroatoms.